The van der Waals surface area contributed by atoms with Crippen molar-refractivity contribution in [2.45, 2.75) is 31.7 Å². The van der Waals surface area contributed by atoms with Crippen molar-refractivity contribution in [2.75, 3.05) is 11.4 Å². The highest BCUT2D eigenvalue weighted by atomic mass is 19.1. The van der Waals surface area contributed by atoms with Crippen molar-refractivity contribution in [2.24, 2.45) is 0 Å². The van der Waals surface area contributed by atoms with E-state index in [4.69, 9.17) is 0 Å². The fraction of sp³-hybridized carbons (Fsp3) is 0.300. The average Bonchev–Trinajstić information content (AvgIpc) is 2.96. The van der Waals surface area contributed by atoms with Gasteiger partial charge in [0.05, 0.1) is 6.04 Å². The van der Waals surface area contributed by atoms with Gasteiger partial charge in [-0.3, -0.25) is 9.59 Å². The average molecular weight is 340 g/mol. The highest BCUT2D eigenvalue weighted by Crippen LogP contribution is 2.22. The van der Waals surface area contributed by atoms with E-state index >= 15 is 0 Å². The van der Waals surface area contributed by atoms with Crippen molar-refractivity contribution < 1.29 is 14.0 Å². The number of hydrogen-bond acceptors (Lipinski definition) is 2. The standard InChI is InChI=1S/C20H21FN2O2/c21-16-9-11-18(12-10-16)23-14-17(13-20(23)25)22-19(24)8-4-7-15-5-2-1-3-6-15/h1-3,5-6,9-12,17H,4,7-8,13-14H2,(H,22,24)/t17-/m0/s1. The van der Waals surface area contributed by atoms with Crippen LogP contribution in [0.5, 0.6) is 0 Å². The summed E-state index contributed by atoms with van der Waals surface area (Å²) >= 11 is 0. The summed E-state index contributed by atoms with van der Waals surface area (Å²) in [5, 5.41) is 2.93. The molecule has 4 nitrogen and oxygen atoms in total. The van der Waals surface area contributed by atoms with Crippen LogP contribution in [-0.2, 0) is 16.0 Å². The molecule has 5 heteroatoms. The Kier molecular flexibility index (Phi) is 5.43. The first kappa shape index (κ1) is 17.1. The monoisotopic (exact) mass is 340 g/mol. The van der Waals surface area contributed by atoms with Crippen LogP contribution < -0.4 is 10.2 Å². The number of rotatable bonds is 6. The predicted molar refractivity (Wildman–Crippen MR) is 94.7 cm³/mol. The molecule has 0 aromatic heterocycles. The number of benzene rings is 2. The van der Waals surface area contributed by atoms with E-state index < -0.39 is 0 Å². The van der Waals surface area contributed by atoms with Crippen molar-refractivity contribution in [3.05, 3.63) is 66.0 Å². The molecular weight excluding hydrogens is 319 g/mol. The third-order valence-corrected chi connectivity index (χ3v) is 4.34. The molecule has 130 valence electrons. The third kappa shape index (κ3) is 4.66. The molecule has 1 heterocycles. The van der Waals surface area contributed by atoms with Gasteiger partial charge >= 0.3 is 0 Å². The number of nitrogens with zero attached hydrogens (tertiary/aromatic N) is 1. The minimum Gasteiger partial charge on any atom is -0.351 e. The lowest BCUT2D eigenvalue weighted by Crippen LogP contribution is -2.37. The van der Waals surface area contributed by atoms with E-state index in [2.05, 4.69) is 5.32 Å². The van der Waals surface area contributed by atoms with Crippen LogP contribution in [0.15, 0.2) is 54.6 Å². The van der Waals surface area contributed by atoms with E-state index in [1.807, 2.05) is 30.3 Å². The molecule has 0 radical (unpaired) electrons. The summed E-state index contributed by atoms with van der Waals surface area (Å²) in [7, 11) is 0. The summed E-state index contributed by atoms with van der Waals surface area (Å²) in [4.78, 5) is 25.8. The Labute approximate surface area is 146 Å². The van der Waals surface area contributed by atoms with Gasteiger partial charge in [-0.1, -0.05) is 30.3 Å². The Morgan fingerprint density at radius 2 is 1.84 bits per heavy atom. The minimum absolute atomic E-state index is 0.0327. The van der Waals surface area contributed by atoms with Crippen molar-refractivity contribution in [3.63, 3.8) is 0 Å². The summed E-state index contributed by atoms with van der Waals surface area (Å²) < 4.78 is 13.0. The highest BCUT2D eigenvalue weighted by Gasteiger charge is 2.31. The highest BCUT2D eigenvalue weighted by molar-refractivity contribution is 5.96. The lowest BCUT2D eigenvalue weighted by molar-refractivity contribution is -0.121. The molecule has 2 amide bonds. The predicted octanol–water partition coefficient (Wildman–Crippen LogP) is 3.07. The second-order valence-electron chi connectivity index (χ2n) is 6.29. The van der Waals surface area contributed by atoms with E-state index in [1.54, 1.807) is 17.0 Å². The molecule has 2 aromatic carbocycles. The van der Waals surface area contributed by atoms with Crippen LogP contribution in [0.4, 0.5) is 10.1 Å². The fourth-order valence-electron chi connectivity index (χ4n) is 3.07. The third-order valence-electron chi connectivity index (χ3n) is 4.34. The smallest absolute Gasteiger partial charge is 0.229 e. The normalized spacial score (nSPS) is 16.9. The molecule has 1 saturated heterocycles. The first-order valence-corrected chi connectivity index (χ1v) is 8.51. The zero-order chi connectivity index (χ0) is 17.6. The molecule has 0 unspecified atom stereocenters. The van der Waals surface area contributed by atoms with Crippen LogP contribution in [0.25, 0.3) is 0 Å². The number of carbonyl (C=O) groups excluding carboxylic acids is 2. The van der Waals surface area contributed by atoms with Crippen molar-refractivity contribution in [1.29, 1.82) is 0 Å². The zero-order valence-electron chi connectivity index (χ0n) is 14.0. The SMILES string of the molecule is O=C(CCCc1ccccc1)N[C@H]1CC(=O)N(c2ccc(F)cc2)C1. The Morgan fingerprint density at radius 3 is 2.56 bits per heavy atom. The van der Waals surface area contributed by atoms with E-state index in [0.29, 0.717) is 18.7 Å². The molecule has 3 rings (SSSR count). The van der Waals surface area contributed by atoms with E-state index in [0.717, 1.165) is 12.8 Å². The molecule has 0 bridgehead atoms. The molecule has 1 aliphatic heterocycles. The van der Waals surface area contributed by atoms with Crippen LogP contribution in [-0.4, -0.2) is 24.4 Å². The van der Waals surface area contributed by atoms with Gasteiger partial charge in [-0.05, 0) is 42.7 Å². The molecule has 0 aliphatic carbocycles. The summed E-state index contributed by atoms with van der Waals surface area (Å²) in [6.45, 7) is 0.425. The Hall–Kier alpha value is -2.69. The van der Waals surface area contributed by atoms with Gasteiger partial charge < -0.3 is 10.2 Å². The van der Waals surface area contributed by atoms with Gasteiger partial charge in [0, 0.05) is 25.1 Å². The maximum absolute atomic E-state index is 13.0. The van der Waals surface area contributed by atoms with Gasteiger partial charge in [0.15, 0.2) is 0 Å². The Bertz CT molecular complexity index is 731. The summed E-state index contributed by atoms with van der Waals surface area (Å²) in [5.41, 5.74) is 1.88. The number of nitrogens with one attached hydrogen (secondary N) is 1. The van der Waals surface area contributed by atoms with Crippen molar-refractivity contribution >= 4 is 17.5 Å². The van der Waals surface area contributed by atoms with Gasteiger partial charge in [-0.25, -0.2) is 4.39 Å². The molecule has 2 aromatic rings. The quantitative estimate of drug-likeness (QED) is 0.879. The Balaban J connectivity index is 1.46. The van der Waals surface area contributed by atoms with E-state index in [-0.39, 0.29) is 30.1 Å². The van der Waals surface area contributed by atoms with Gasteiger partial charge in [0.1, 0.15) is 5.82 Å². The first-order valence-electron chi connectivity index (χ1n) is 8.51. The van der Waals surface area contributed by atoms with E-state index in [1.165, 1.54) is 17.7 Å². The summed E-state index contributed by atoms with van der Waals surface area (Å²) in [5.74, 6) is -0.422. The number of anilines is 1. The maximum Gasteiger partial charge on any atom is 0.229 e. The van der Waals surface area contributed by atoms with Crippen LogP contribution in [0.1, 0.15) is 24.8 Å². The molecule has 1 fully saturated rings. The largest absolute Gasteiger partial charge is 0.351 e. The molecule has 1 aliphatic rings. The topological polar surface area (TPSA) is 49.4 Å². The number of halogens is 1. The molecule has 1 N–H and O–H groups in total. The van der Waals surface area contributed by atoms with Crippen LogP contribution in [0.3, 0.4) is 0 Å². The lowest BCUT2D eigenvalue weighted by Gasteiger charge is -2.17. The fourth-order valence-corrected chi connectivity index (χ4v) is 3.07. The number of amides is 2. The minimum atomic E-state index is -0.335. The Morgan fingerprint density at radius 1 is 1.12 bits per heavy atom. The molecular formula is C20H21FN2O2. The van der Waals surface area contributed by atoms with Gasteiger partial charge in [-0.15, -0.1) is 0 Å². The second kappa shape index (κ2) is 7.92. The number of carbonyl (C=O) groups is 2. The van der Waals surface area contributed by atoms with Gasteiger partial charge in [0.2, 0.25) is 11.8 Å². The van der Waals surface area contributed by atoms with Crippen molar-refractivity contribution in [1.82, 2.24) is 5.32 Å². The summed E-state index contributed by atoms with van der Waals surface area (Å²) in [6, 6.07) is 15.7. The molecule has 0 spiro atoms. The van der Waals surface area contributed by atoms with Crippen molar-refractivity contribution in [3.8, 4) is 0 Å². The zero-order valence-corrected chi connectivity index (χ0v) is 14.0. The second-order valence-corrected chi connectivity index (χ2v) is 6.29. The van der Waals surface area contributed by atoms with E-state index in [9.17, 15) is 14.0 Å². The molecule has 25 heavy (non-hydrogen) atoms. The number of hydrogen-bond donors (Lipinski definition) is 1. The number of aryl methyl sites for hydroxylation is 1. The van der Waals surface area contributed by atoms with Gasteiger partial charge in [-0.2, -0.15) is 0 Å². The van der Waals surface area contributed by atoms with Crippen LogP contribution in [0.2, 0.25) is 0 Å². The maximum atomic E-state index is 13.0. The van der Waals surface area contributed by atoms with Crippen LogP contribution in [0, 0.1) is 5.82 Å². The van der Waals surface area contributed by atoms with Gasteiger partial charge in [0.25, 0.3) is 0 Å². The first-order chi connectivity index (χ1) is 12.1. The lowest BCUT2D eigenvalue weighted by atomic mass is 10.1. The molecule has 1 atom stereocenters. The summed E-state index contributed by atoms with van der Waals surface area (Å²) in [6.07, 6.45) is 2.36. The molecule has 0 saturated carbocycles. The van der Waals surface area contributed by atoms with Crippen LogP contribution >= 0.6 is 0 Å².